The number of benzene rings is 2. The van der Waals surface area contributed by atoms with E-state index in [1.807, 2.05) is 12.1 Å². The van der Waals surface area contributed by atoms with Crippen molar-refractivity contribution in [1.29, 1.82) is 0 Å². The molecule has 2 aliphatic rings. The van der Waals surface area contributed by atoms with Crippen LogP contribution in [0, 0.1) is 0 Å². The van der Waals surface area contributed by atoms with Gasteiger partial charge in [0.15, 0.2) is 0 Å². The lowest BCUT2D eigenvalue weighted by atomic mass is 10.1. The maximum Gasteiger partial charge on any atom is 0.343 e. The number of piperidine rings is 1. The van der Waals surface area contributed by atoms with Gasteiger partial charge >= 0.3 is 5.69 Å². The molecule has 0 atom stereocenters. The fourth-order valence-corrected chi connectivity index (χ4v) is 6.25. The van der Waals surface area contributed by atoms with E-state index in [1.54, 1.807) is 28.8 Å². The minimum absolute atomic E-state index is 0.0214. The molecule has 3 N–H and O–H groups in total. The molecule has 146 valence electrons. The predicted octanol–water partition coefficient (Wildman–Crippen LogP) is 2.37. The molecule has 1 fully saturated rings. The smallest absolute Gasteiger partial charge is 0.317 e. The lowest BCUT2D eigenvalue weighted by Crippen LogP contribution is -2.36. The molecule has 0 aliphatic carbocycles. The number of imidazole rings is 1. The van der Waals surface area contributed by atoms with E-state index >= 15 is 0 Å². The second-order valence-electron chi connectivity index (χ2n) is 6.88. The van der Waals surface area contributed by atoms with Gasteiger partial charge in [0, 0.05) is 6.04 Å². The summed E-state index contributed by atoms with van der Waals surface area (Å²) in [7, 11) is -4.09. The molecule has 0 radical (unpaired) electrons. The summed E-state index contributed by atoms with van der Waals surface area (Å²) in [5.74, 6) is 0. The van der Waals surface area contributed by atoms with E-state index in [1.165, 1.54) is 18.2 Å². The van der Waals surface area contributed by atoms with E-state index in [-0.39, 0.29) is 10.9 Å². The molecule has 0 unspecified atom stereocenters. The van der Waals surface area contributed by atoms with Crippen molar-refractivity contribution in [3.63, 3.8) is 0 Å². The molecule has 2 aromatic carbocycles. The minimum Gasteiger partial charge on any atom is -0.317 e. The monoisotopic (exact) mass is 417 g/mol. The highest BCUT2D eigenvalue weighted by atomic mass is 32.2. The molecule has 1 aromatic heterocycles. The van der Waals surface area contributed by atoms with Gasteiger partial charge in [0.25, 0.3) is 10.0 Å². The third-order valence-corrected chi connectivity index (χ3v) is 7.63. The number of fused-ring (bicyclic) bond motifs is 2. The molecule has 3 heterocycles. The van der Waals surface area contributed by atoms with Crippen LogP contribution >= 0.6 is 12.1 Å². The predicted molar refractivity (Wildman–Crippen MR) is 111 cm³/mol. The first-order chi connectivity index (χ1) is 13.6. The number of rotatable bonds is 3. The molecule has 0 bridgehead atoms. The first-order valence-electron chi connectivity index (χ1n) is 9.08. The molecule has 28 heavy (non-hydrogen) atoms. The average molecular weight is 418 g/mol. The van der Waals surface area contributed by atoms with Crippen LogP contribution in [-0.2, 0) is 10.0 Å². The van der Waals surface area contributed by atoms with Crippen LogP contribution in [0.4, 0.5) is 11.4 Å². The lowest BCUT2D eigenvalue weighted by molar-refractivity contribution is 0.367. The van der Waals surface area contributed by atoms with Gasteiger partial charge in [-0.25, -0.2) is 13.2 Å². The van der Waals surface area contributed by atoms with Crippen molar-refractivity contribution in [3.8, 4) is 0 Å². The molecule has 0 amide bonds. The Balaban J connectivity index is 1.77. The topological polar surface area (TPSA) is 97.2 Å². The maximum atomic E-state index is 13.6. The molecular weight excluding hydrogens is 398 g/mol. The quantitative estimate of drug-likeness (QED) is 0.563. The van der Waals surface area contributed by atoms with Gasteiger partial charge < -0.3 is 14.8 Å². The zero-order valence-electron chi connectivity index (χ0n) is 14.9. The summed E-state index contributed by atoms with van der Waals surface area (Å²) in [5.41, 5.74) is 1.70. The van der Waals surface area contributed by atoms with Crippen LogP contribution in [0.5, 0.6) is 0 Å². The normalized spacial score (nSPS) is 17.3. The van der Waals surface area contributed by atoms with E-state index in [0.29, 0.717) is 22.4 Å². The van der Waals surface area contributed by atoms with Gasteiger partial charge in [-0.05, 0) is 50.2 Å². The summed E-state index contributed by atoms with van der Waals surface area (Å²) >= 11 is 1.20. The van der Waals surface area contributed by atoms with Crippen LogP contribution in [0.2, 0.25) is 0 Å². The second-order valence-corrected chi connectivity index (χ2v) is 9.24. The Kier molecular flexibility index (Phi) is 4.14. The molecular formula is C18H19N5O3S2. The van der Waals surface area contributed by atoms with Crippen LogP contribution < -0.4 is 20.5 Å². The van der Waals surface area contributed by atoms with Gasteiger partial charge in [-0.1, -0.05) is 18.2 Å². The Labute approximate surface area is 166 Å². The zero-order chi connectivity index (χ0) is 19.3. The van der Waals surface area contributed by atoms with Gasteiger partial charge in [0.05, 0.1) is 34.5 Å². The summed E-state index contributed by atoms with van der Waals surface area (Å²) in [5, 5.41) is 3.29. The molecule has 2 aliphatic heterocycles. The summed E-state index contributed by atoms with van der Waals surface area (Å²) in [6.07, 6.45) is 1.58. The fraction of sp³-hybridized carbons (Fsp3) is 0.278. The van der Waals surface area contributed by atoms with Crippen LogP contribution in [0.3, 0.4) is 0 Å². The Morgan fingerprint density at radius 1 is 0.964 bits per heavy atom. The van der Waals surface area contributed by atoms with Crippen molar-refractivity contribution in [2.75, 3.05) is 22.5 Å². The molecule has 3 aromatic rings. The molecule has 5 rings (SSSR count). The third kappa shape index (κ3) is 2.55. The van der Waals surface area contributed by atoms with Crippen LogP contribution in [0.1, 0.15) is 18.9 Å². The first kappa shape index (κ1) is 17.7. The molecule has 8 nitrogen and oxygen atoms in total. The largest absolute Gasteiger partial charge is 0.343 e. The Bertz CT molecular complexity index is 1230. The maximum absolute atomic E-state index is 13.6. The van der Waals surface area contributed by atoms with Crippen LogP contribution in [0.25, 0.3) is 11.0 Å². The van der Waals surface area contributed by atoms with Crippen molar-refractivity contribution in [2.45, 2.75) is 23.8 Å². The summed E-state index contributed by atoms with van der Waals surface area (Å²) in [6, 6.07) is 12.1. The number of nitrogens with zero attached hydrogens (tertiary/aromatic N) is 2. The highest BCUT2D eigenvalue weighted by molar-refractivity contribution is 8.02. The number of para-hydroxylation sites is 3. The van der Waals surface area contributed by atoms with Crippen molar-refractivity contribution in [1.82, 2.24) is 13.9 Å². The van der Waals surface area contributed by atoms with E-state index in [2.05, 4.69) is 14.8 Å². The Morgan fingerprint density at radius 3 is 2.50 bits per heavy atom. The van der Waals surface area contributed by atoms with Crippen molar-refractivity contribution < 1.29 is 8.42 Å². The molecule has 10 heteroatoms. The SMILES string of the molecule is O=c1n(C2CCNCC2)c2ccccc2n1S(=O)(=O)c1cccc2c1NSN2. The number of hydrogen-bond acceptors (Lipinski definition) is 7. The van der Waals surface area contributed by atoms with E-state index in [0.717, 1.165) is 29.9 Å². The van der Waals surface area contributed by atoms with Crippen molar-refractivity contribution >= 4 is 44.6 Å². The number of aromatic nitrogens is 2. The van der Waals surface area contributed by atoms with Crippen molar-refractivity contribution in [3.05, 3.63) is 52.9 Å². The van der Waals surface area contributed by atoms with Gasteiger partial charge in [-0.15, -0.1) is 0 Å². The van der Waals surface area contributed by atoms with E-state index in [9.17, 15) is 13.2 Å². The minimum atomic E-state index is -4.09. The van der Waals surface area contributed by atoms with Crippen LogP contribution in [0.15, 0.2) is 52.2 Å². The Hall–Kier alpha value is -2.43. The summed E-state index contributed by atoms with van der Waals surface area (Å²) < 4.78 is 35.8. The fourth-order valence-electron chi connectivity index (χ4n) is 3.96. The van der Waals surface area contributed by atoms with Gasteiger partial charge in [0.2, 0.25) is 0 Å². The molecule has 1 saturated heterocycles. The van der Waals surface area contributed by atoms with E-state index in [4.69, 9.17) is 0 Å². The number of nitrogens with one attached hydrogen (secondary N) is 3. The Morgan fingerprint density at radius 2 is 1.71 bits per heavy atom. The standard InChI is InChI=1S/C18H19N5O3S2/c24-18-22(12-8-10-19-11-9-12)14-5-1-2-6-15(14)23(18)28(25,26)16-7-3-4-13-17(16)21-27-20-13/h1-7,12,19-21H,8-11H2. The second kappa shape index (κ2) is 6.57. The average Bonchev–Trinajstić information content (AvgIpc) is 3.30. The molecule has 0 spiro atoms. The third-order valence-electron chi connectivity index (χ3n) is 5.27. The first-order valence-corrected chi connectivity index (χ1v) is 11.3. The summed E-state index contributed by atoms with van der Waals surface area (Å²) in [6.45, 7) is 1.62. The lowest BCUT2D eigenvalue weighted by Gasteiger charge is -2.23. The van der Waals surface area contributed by atoms with E-state index < -0.39 is 15.7 Å². The van der Waals surface area contributed by atoms with Crippen molar-refractivity contribution in [2.24, 2.45) is 0 Å². The molecule has 0 saturated carbocycles. The zero-order valence-corrected chi connectivity index (χ0v) is 16.5. The van der Waals surface area contributed by atoms with Gasteiger partial charge in [0.1, 0.15) is 4.90 Å². The van der Waals surface area contributed by atoms with Crippen LogP contribution in [-0.4, -0.2) is 30.0 Å². The number of anilines is 2. The highest BCUT2D eigenvalue weighted by Gasteiger charge is 2.31. The van der Waals surface area contributed by atoms with Gasteiger partial charge in [-0.2, -0.15) is 3.97 Å². The number of hydrogen-bond donors (Lipinski definition) is 3. The summed E-state index contributed by atoms with van der Waals surface area (Å²) in [4.78, 5) is 13.5. The highest BCUT2D eigenvalue weighted by Crippen LogP contribution is 2.39. The van der Waals surface area contributed by atoms with Gasteiger partial charge in [-0.3, -0.25) is 4.57 Å².